The van der Waals surface area contributed by atoms with Gasteiger partial charge in [0, 0.05) is 62.1 Å². The smallest absolute Gasteiger partial charge is 0.274 e. The molecular weight excluding hydrogens is 574 g/mol. The third-order valence-electron chi connectivity index (χ3n) is 8.57. The number of aliphatic hydroxyl groups is 1. The molecule has 4 aromatic rings. The molecule has 1 fully saturated rings. The number of benzene rings is 1. The van der Waals surface area contributed by atoms with Gasteiger partial charge in [-0.3, -0.25) is 14.5 Å². The lowest BCUT2D eigenvalue weighted by molar-refractivity contribution is 0.103. The Morgan fingerprint density at radius 2 is 1.82 bits per heavy atom. The molecule has 230 valence electrons. The first-order chi connectivity index (χ1) is 21.4. The van der Waals surface area contributed by atoms with Gasteiger partial charge in [-0.1, -0.05) is 18.6 Å². The van der Waals surface area contributed by atoms with Gasteiger partial charge in [0.2, 0.25) is 0 Å². The van der Waals surface area contributed by atoms with Crippen LogP contribution in [0.2, 0.25) is 0 Å². The van der Waals surface area contributed by atoms with Gasteiger partial charge >= 0.3 is 0 Å². The van der Waals surface area contributed by atoms with Crippen LogP contribution in [0, 0.1) is 6.92 Å². The lowest BCUT2D eigenvalue weighted by Crippen LogP contribution is -2.47. The first-order valence-electron chi connectivity index (χ1n) is 15.3. The van der Waals surface area contributed by atoms with Crippen LogP contribution >= 0.6 is 11.3 Å². The second-order valence-corrected chi connectivity index (χ2v) is 12.7. The van der Waals surface area contributed by atoms with Gasteiger partial charge in [0.05, 0.1) is 11.5 Å². The van der Waals surface area contributed by atoms with Gasteiger partial charge in [-0.05, 0) is 79.6 Å². The molecule has 0 unspecified atom stereocenters. The van der Waals surface area contributed by atoms with Crippen LogP contribution in [-0.2, 0) is 19.9 Å². The number of nitrogens with one attached hydrogen (secondary N) is 2. The van der Waals surface area contributed by atoms with Crippen molar-refractivity contribution >= 4 is 40.3 Å². The number of aryl methyl sites for hydroxylation is 3. The normalized spacial score (nSPS) is 15.5. The van der Waals surface area contributed by atoms with Gasteiger partial charge in [-0.2, -0.15) is 0 Å². The van der Waals surface area contributed by atoms with E-state index in [9.17, 15) is 14.7 Å². The fourth-order valence-corrected chi connectivity index (χ4v) is 7.19. The summed E-state index contributed by atoms with van der Waals surface area (Å²) in [5.74, 6) is 1.18. The zero-order valence-corrected chi connectivity index (χ0v) is 26.1. The Hall–Kier alpha value is -4.06. The molecule has 1 aliphatic heterocycles. The largest absolute Gasteiger partial charge is 0.395 e. The molecule has 1 aromatic carbocycles. The topological polar surface area (TPSA) is 116 Å². The molecule has 0 saturated carbocycles. The maximum atomic E-state index is 13.3. The molecule has 10 nitrogen and oxygen atoms in total. The van der Waals surface area contributed by atoms with Gasteiger partial charge in [0.25, 0.3) is 11.5 Å². The molecule has 3 aromatic heterocycles. The molecule has 3 N–H and O–H groups in total. The minimum atomic E-state index is -0.181. The Labute approximate surface area is 261 Å². The SMILES string of the molecule is Cc1c(NC(=O)c2cc3c(s2)CCCCC3)cccc1-c1cc(Nc2ccc(N3CCN(CCO)CC3)nn2)c(=O)n(C)c1. The number of fused-ring (bicyclic) bond motifs is 1. The Kier molecular flexibility index (Phi) is 9.06. The van der Waals surface area contributed by atoms with Crippen molar-refractivity contribution in [1.82, 2.24) is 19.7 Å². The van der Waals surface area contributed by atoms with Crippen LogP contribution in [0.25, 0.3) is 11.1 Å². The summed E-state index contributed by atoms with van der Waals surface area (Å²) in [7, 11) is 1.73. The van der Waals surface area contributed by atoms with E-state index in [4.69, 9.17) is 0 Å². The number of amides is 1. The summed E-state index contributed by atoms with van der Waals surface area (Å²) in [5, 5.41) is 24.2. The highest BCUT2D eigenvalue weighted by Gasteiger charge is 2.20. The second-order valence-electron chi connectivity index (χ2n) is 11.6. The van der Waals surface area contributed by atoms with Crippen LogP contribution in [0.3, 0.4) is 0 Å². The summed E-state index contributed by atoms with van der Waals surface area (Å²) in [4.78, 5) is 32.8. The van der Waals surface area contributed by atoms with Crippen molar-refractivity contribution in [3.8, 4) is 11.1 Å². The Balaban J connectivity index is 1.18. The number of hydrogen-bond donors (Lipinski definition) is 3. The van der Waals surface area contributed by atoms with Gasteiger partial charge in [0.1, 0.15) is 5.69 Å². The molecule has 4 heterocycles. The number of pyridine rings is 1. The van der Waals surface area contributed by atoms with Crippen LogP contribution in [0.5, 0.6) is 0 Å². The summed E-state index contributed by atoms with van der Waals surface area (Å²) in [6, 6.07) is 13.5. The molecule has 2 aliphatic rings. The number of aliphatic hydroxyl groups excluding tert-OH is 1. The van der Waals surface area contributed by atoms with Crippen LogP contribution in [0.4, 0.5) is 23.0 Å². The zero-order chi connectivity index (χ0) is 30.6. The number of nitrogens with zero attached hydrogens (tertiary/aromatic N) is 5. The predicted molar refractivity (Wildman–Crippen MR) is 176 cm³/mol. The third kappa shape index (κ3) is 6.54. The van der Waals surface area contributed by atoms with Crippen LogP contribution in [0.15, 0.2) is 53.5 Å². The maximum Gasteiger partial charge on any atom is 0.274 e. The van der Waals surface area contributed by atoms with E-state index in [1.54, 1.807) is 23.0 Å². The number of β-amino-alcohol motifs (C(OH)–C–C–N with tert-alkyl or cyclic N) is 1. The second kappa shape index (κ2) is 13.3. The first-order valence-corrected chi connectivity index (χ1v) is 16.1. The zero-order valence-electron chi connectivity index (χ0n) is 25.3. The number of piperazine rings is 1. The monoisotopic (exact) mass is 613 g/mol. The van der Waals surface area contributed by atoms with E-state index in [2.05, 4.69) is 36.7 Å². The van der Waals surface area contributed by atoms with E-state index in [1.165, 1.54) is 29.7 Å². The molecule has 6 rings (SSSR count). The number of thiophene rings is 1. The minimum absolute atomic E-state index is 0.0831. The van der Waals surface area contributed by atoms with Crippen molar-refractivity contribution in [1.29, 1.82) is 0 Å². The lowest BCUT2D eigenvalue weighted by Gasteiger charge is -2.34. The lowest BCUT2D eigenvalue weighted by atomic mass is 10.00. The van der Waals surface area contributed by atoms with E-state index >= 15 is 0 Å². The quantitative estimate of drug-likeness (QED) is 0.247. The molecule has 1 aliphatic carbocycles. The fourth-order valence-electron chi connectivity index (χ4n) is 6.04. The van der Waals surface area contributed by atoms with Crippen molar-refractivity contribution in [2.24, 2.45) is 7.05 Å². The molecule has 1 amide bonds. The Morgan fingerprint density at radius 3 is 2.59 bits per heavy atom. The number of carbonyl (C=O) groups excluding carboxylic acids is 1. The molecule has 0 bridgehead atoms. The van der Waals surface area contributed by atoms with Gasteiger partial charge in [-0.15, -0.1) is 21.5 Å². The van der Waals surface area contributed by atoms with E-state index in [-0.39, 0.29) is 18.1 Å². The van der Waals surface area contributed by atoms with Crippen molar-refractivity contribution in [2.75, 3.05) is 54.9 Å². The number of hydrogen-bond acceptors (Lipinski definition) is 9. The summed E-state index contributed by atoms with van der Waals surface area (Å²) in [5.41, 5.74) is 4.97. The average Bonchev–Trinajstić information content (AvgIpc) is 3.31. The van der Waals surface area contributed by atoms with E-state index < -0.39 is 0 Å². The fraction of sp³-hybridized carbons (Fsp3) is 0.394. The number of carbonyl (C=O) groups is 1. The van der Waals surface area contributed by atoms with Crippen LogP contribution < -0.4 is 21.1 Å². The Morgan fingerprint density at radius 1 is 1.00 bits per heavy atom. The molecule has 0 atom stereocenters. The maximum absolute atomic E-state index is 13.3. The average molecular weight is 614 g/mol. The molecular formula is C33H39N7O3S. The molecule has 11 heteroatoms. The highest BCUT2D eigenvalue weighted by atomic mass is 32.1. The number of aromatic nitrogens is 3. The van der Waals surface area contributed by atoms with Crippen molar-refractivity contribution in [2.45, 2.75) is 39.0 Å². The van der Waals surface area contributed by atoms with Crippen molar-refractivity contribution in [3.05, 3.63) is 79.9 Å². The van der Waals surface area contributed by atoms with E-state index in [1.807, 2.05) is 49.5 Å². The standard InChI is InChI=1S/C33H39N7O3S/c1-22-25(8-6-9-26(22)35-32(42)29-20-23-7-4-3-5-10-28(23)44-29)24-19-27(33(43)38(2)21-24)34-30-11-12-31(37-36-30)40-15-13-39(14-16-40)17-18-41/h6,8-9,11-12,19-21,41H,3-5,7,10,13-18H2,1-2H3,(H,34,36)(H,35,42). The van der Waals surface area contributed by atoms with Gasteiger partial charge in [0.15, 0.2) is 11.6 Å². The Bertz CT molecular complexity index is 1670. The molecule has 0 spiro atoms. The number of anilines is 4. The third-order valence-corrected chi connectivity index (χ3v) is 9.81. The van der Waals surface area contributed by atoms with Gasteiger partial charge in [-0.25, -0.2) is 0 Å². The van der Waals surface area contributed by atoms with Crippen molar-refractivity contribution < 1.29 is 9.90 Å². The molecule has 44 heavy (non-hydrogen) atoms. The highest BCUT2D eigenvalue weighted by Crippen LogP contribution is 2.32. The minimum Gasteiger partial charge on any atom is -0.395 e. The summed E-state index contributed by atoms with van der Waals surface area (Å²) in [6.07, 6.45) is 7.55. The van der Waals surface area contributed by atoms with Crippen LogP contribution in [-0.4, -0.2) is 70.0 Å². The predicted octanol–water partition coefficient (Wildman–Crippen LogP) is 4.59. The van der Waals surface area contributed by atoms with Crippen LogP contribution in [0.1, 0.15) is 44.9 Å². The van der Waals surface area contributed by atoms with E-state index in [0.717, 1.165) is 72.1 Å². The number of rotatable bonds is 8. The summed E-state index contributed by atoms with van der Waals surface area (Å²) in [6.45, 7) is 6.21. The van der Waals surface area contributed by atoms with Gasteiger partial charge < -0.3 is 25.2 Å². The highest BCUT2D eigenvalue weighted by molar-refractivity contribution is 7.14. The molecule has 0 radical (unpaired) electrons. The van der Waals surface area contributed by atoms with Crippen molar-refractivity contribution in [3.63, 3.8) is 0 Å². The van der Waals surface area contributed by atoms with E-state index in [0.29, 0.717) is 18.1 Å². The summed E-state index contributed by atoms with van der Waals surface area (Å²) < 4.78 is 1.55. The summed E-state index contributed by atoms with van der Waals surface area (Å²) >= 11 is 1.62. The molecule has 1 saturated heterocycles. The first kappa shape index (κ1) is 30.0.